The minimum atomic E-state index is -0.433. The highest BCUT2D eigenvalue weighted by Crippen LogP contribution is 2.20. The Morgan fingerprint density at radius 1 is 1.26 bits per heavy atom. The Morgan fingerprint density at radius 3 is 2.58 bits per heavy atom. The third kappa shape index (κ3) is 3.55. The van der Waals surface area contributed by atoms with Crippen molar-refractivity contribution >= 4 is 5.91 Å². The van der Waals surface area contributed by atoms with E-state index < -0.39 is 5.82 Å². The van der Waals surface area contributed by atoms with Crippen molar-refractivity contribution in [3.8, 4) is 0 Å². The van der Waals surface area contributed by atoms with Gasteiger partial charge in [-0.15, -0.1) is 0 Å². The number of carbonyl (C=O) groups excluding carboxylic acids is 1. The number of amides is 1. The zero-order valence-electron chi connectivity index (χ0n) is 11.7. The fraction of sp³-hybridized carbons (Fsp3) is 0.562. The van der Waals surface area contributed by atoms with Crippen LogP contribution in [0.25, 0.3) is 0 Å². The van der Waals surface area contributed by atoms with Crippen molar-refractivity contribution in [1.29, 1.82) is 0 Å². The Bertz CT molecular complexity index is 450. The maximum Gasteiger partial charge on any atom is 0.254 e. The molecule has 0 spiro atoms. The van der Waals surface area contributed by atoms with E-state index in [1.165, 1.54) is 12.5 Å². The van der Waals surface area contributed by atoms with E-state index in [1.807, 2.05) is 13.8 Å². The molecule has 1 saturated carbocycles. The lowest BCUT2D eigenvalue weighted by molar-refractivity contribution is 0.0923. The normalized spacial score (nSPS) is 16.6. The van der Waals surface area contributed by atoms with Crippen LogP contribution in [0.4, 0.5) is 4.39 Å². The third-order valence-corrected chi connectivity index (χ3v) is 3.84. The van der Waals surface area contributed by atoms with Gasteiger partial charge in [0.1, 0.15) is 5.82 Å². The lowest BCUT2D eigenvalue weighted by Gasteiger charge is -2.23. The summed E-state index contributed by atoms with van der Waals surface area (Å²) in [7, 11) is 0. The molecule has 0 aromatic heterocycles. The molecular weight excluding hydrogens is 241 g/mol. The number of nitrogens with one attached hydrogen (secondary N) is 1. The molecule has 0 atom stereocenters. The van der Waals surface area contributed by atoms with Gasteiger partial charge in [-0.05, 0) is 36.5 Å². The van der Waals surface area contributed by atoms with Crippen LogP contribution in [0.2, 0.25) is 0 Å². The molecule has 0 bridgehead atoms. The van der Waals surface area contributed by atoms with E-state index in [0.717, 1.165) is 31.2 Å². The highest BCUT2D eigenvalue weighted by atomic mass is 19.1. The summed E-state index contributed by atoms with van der Waals surface area (Å²) in [6.07, 6.45) is 5.57. The van der Waals surface area contributed by atoms with E-state index in [-0.39, 0.29) is 17.5 Å². The smallest absolute Gasteiger partial charge is 0.254 e. The van der Waals surface area contributed by atoms with Gasteiger partial charge in [-0.25, -0.2) is 4.39 Å². The first-order valence-electron chi connectivity index (χ1n) is 7.18. The lowest BCUT2D eigenvalue weighted by atomic mass is 9.95. The first-order chi connectivity index (χ1) is 9.08. The summed E-state index contributed by atoms with van der Waals surface area (Å²) in [5, 5.41) is 2.96. The van der Waals surface area contributed by atoms with Gasteiger partial charge in [-0.2, -0.15) is 0 Å². The molecule has 3 heteroatoms. The predicted octanol–water partition coefficient (Wildman–Crippen LogP) is 4.01. The van der Waals surface area contributed by atoms with Crippen molar-refractivity contribution in [3.05, 3.63) is 35.1 Å². The van der Waals surface area contributed by atoms with Crippen LogP contribution in [0.15, 0.2) is 18.2 Å². The average molecular weight is 263 g/mol. The molecule has 1 aliphatic rings. The Morgan fingerprint density at radius 2 is 1.95 bits per heavy atom. The third-order valence-electron chi connectivity index (χ3n) is 3.84. The van der Waals surface area contributed by atoms with Crippen LogP contribution < -0.4 is 5.32 Å². The van der Waals surface area contributed by atoms with Gasteiger partial charge in [-0.1, -0.05) is 39.2 Å². The Kier molecular flexibility index (Phi) is 4.56. The second kappa shape index (κ2) is 6.18. The minimum Gasteiger partial charge on any atom is -0.349 e. The van der Waals surface area contributed by atoms with E-state index in [4.69, 9.17) is 0 Å². The summed E-state index contributed by atoms with van der Waals surface area (Å²) >= 11 is 0. The Balaban J connectivity index is 2.11. The molecule has 104 valence electrons. The molecule has 0 aliphatic heterocycles. The number of carbonyl (C=O) groups is 1. The summed E-state index contributed by atoms with van der Waals surface area (Å²) in [6.45, 7) is 4.08. The first-order valence-corrected chi connectivity index (χ1v) is 7.18. The molecule has 1 aromatic rings. The summed E-state index contributed by atoms with van der Waals surface area (Å²) in [5.41, 5.74) is 1.17. The average Bonchev–Trinajstić information content (AvgIpc) is 2.40. The Labute approximate surface area is 114 Å². The van der Waals surface area contributed by atoms with E-state index in [1.54, 1.807) is 12.1 Å². The van der Waals surface area contributed by atoms with Crippen molar-refractivity contribution in [2.24, 2.45) is 0 Å². The monoisotopic (exact) mass is 263 g/mol. The van der Waals surface area contributed by atoms with Crippen LogP contribution in [0.3, 0.4) is 0 Å². The fourth-order valence-corrected chi connectivity index (χ4v) is 2.59. The van der Waals surface area contributed by atoms with Crippen molar-refractivity contribution in [1.82, 2.24) is 5.32 Å². The first kappa shape index (κ1) is 14.0. The molecule has 0 unspecified atom stereocenters. The fourth-order valence-electron chi connectivity index (χ4n) is 2.59. The van der Waals surface area contributed by atoms with Crippen LogP contribution in [0, 0.1) is 5.82 Å². The van der Waals surface area contributed by atoms with Gasteiger partial charge < -0.3 is 5.32 Å². The second-order valence-electron chi connectivity index (χ2n) is 5.70. The van der Waals surface area contributed by atoms with Gasteiger partial charge in [0.2, 0.25) is 0 Å². The van der Waals surface area contributed by atoms with Crippen molar-refractivity contribution in [2.45, 2.75) is 57.9 Å². The van der Waals surface area contributed by atoms with E-state index in [2.05, 4.69) is 5.32 Å². The van der Waals surface area contributed by atoms with Crippen LogP contribution in [-0.2, 0) is 0 Å². The van der Waals surface area contributed by atoms with Crippen molar-refractivity contribution in [2.75, 3.05) is 0 Å². The largest absolute Gasteiger partial charge is 0.349 e. The van der Waals surface area contributed by atoms with Gasteiger partial charge >= 0.3 is 0 Å². The zero-order valence-corrected chi connectivity index (χ0v) is 11.7. The molecule has 1 N–H and O–H groups in total. The van der Waals surface area contributed by atoms with Crippen LogP contribution >= 0.6 is 0 Å². The van der Waals surface area contributed by atoms with Crippen LogP contribution in [-0.4, -0.2) is 11.9 Å². The maximum atomic E-state index is 13.8. The molecular formula is C16H22FNO. The number of benzene rings is 1. The second-order valence-corrected chi connectivity index (χ2v) is 5.70. The molecule has 0 saturated heterocycles. The quantitative estimate of drug-likeness (QED) is 0.877. The van der Waals surface area contributed by atoms with Gasteiger partial charge in [0.05, 0.1) is 5.56 Å². The van der Waals surface area contributed by atoms with Crippen molar-refractivity contribution < 1.29 is 9.18 Å². The lowest BCUT2D eigenvalue weighted by Crippen LogP contribution is -2.36. The van der Waals surface area contributed by atoms with Crippen molar-refractivity contribution in [3.63, 3.8) is 0 Å². The molecule has 2 nitrogen and oxygen atoms in total. The molecule has 0 heterocycles. The number of rotatable bonds is 3. The molecule has 2 rings (SSSR count). The Hall–Kier alpha value is -1.38. The summed E-state index contributed by atoms with van der Waals surface area (Å²) in [6, 6.07) is 5.03. The molecule has 0 radical (unpaired) electrons. The minimum absolute atomic E-state index is 0.178. The standard InChI is InChI=1S/C16H22FNO/c1-11(2)12-8-9-15(17)14(10-12)16(19)18-13-6-4-3-5-7-13/h8-11,13H,3-7H2,1-2H3,(H,18,19). The van der Waals surface area contributed by atoms with E-state index in [9.17, 15) is 9.18 Å². The number of hydrogen-bond acceptors (Lipinski definition) is 1. The maximum absolute atomic E-state index is 13.8. The zero-order chi connectivity index (χ0) is 13.8. The molecule has 1 fully saturated rings. The van der Waals surface area contributed by atoms with E-state index >= 15 is 0 Å². The molecule has 1 aromatic carbocycles. The number of hydrogen-bond donors (Lipinski definition) is 1. The van der Waals surface area contributed by atoms with Gasteiger partial charge in [0.15, 0.2) is 0 Å². The predicted molar refractivity (Wildman–Crippen MR) is 74.8 cm³/mol. The topological polar surface area (TPSA) is 29.1 Å². The van der Waals surface area contributed by atoms with E-state index in [0.29, 0.717) is 5.92 Å². The number of halogens is 1. The molecule has 19 heavy (non-hydrogen) atoms. The summed E-state index contributed by atoms with van der Waals surface area (Å²) in [5.74, 6) is -0.411. The SMILES string of the molecule is CC(C)c1ccc(F)c(C(=O)NC2CCCCC2)c1. The van der Waals surface area contributed by atoms with Crippen LogP contribution in [0.5, 0.6) is 0 Å². The highest BCUT2D eigenvalue weighted by Gasteiger charge is 2.19. The summed E-state index contributed by atoms with van der Waals surface area (Å²) < 4.78 is 13.8. The highest BCUT2D eigenvalue weighted by molar-refractivity contribution is 5.94. The van der Waals surface area contributed by atoms with Gasteiger partial charge in [-0.3, -0.25) is 4.79 Å². The summed E-state index contributed by atoms with van der Waals surface area (Å²) in [4.78, 5) is 12.2. The van der Waals surface area contributed by atoms with Crippen LogP contribution in [0.1, 0.15) is 67.8 Å². The molecule has 1 aliphatic carbocycles. The van der Waals surface area contributed by atoms with Gasteiger partial charge in [0, 0.05) is 6.04 Å². The molecule has 1 amide bonds. The van der Waals surface area contributed by atoms with Gasteiger partial charge in [0.25, 0.3) is 5.91 Å².